The summed E-state index contributed by atoms with van der Waals surface area (Å²) in [5.41, 5.74) is -0.526. The molecule has 0 aromatic rings. The number of ketones is 1. The number of carbonyl (C=O) groups excluding carboxylic acids is 1. The van der Waals surface area contributed by atoms with Gasteiger partial charge < -0.3 is 9.47 Å². The first-order valence-corrected chi connectivity index (χ1v) is 7.50. The predicted octanol–water partition coefficient (Wildman–Crippen LogP) is 3.01. The molecule has 0 aromatic heterocycles. The van der Waals surface area contributed by atoms with Gasteiger partial charge in [0.15, 0.2) is 12.0 Å². The van der Waals surface area contributed by atoms with E-state index < -0.39 is 17.9 Å². The Hall–Kier alpha value is -0.550. The number of Topliss-reactive ketones (excluding diaryl/α,β-unsaturated/α-hetero) is 1. The highest BCUT2D eigenvalue weighted by Crippen LogP contribution is 2.38. The van der Waals surface area contributed by atoms with Gasteiger partial charge in [-0.05, 0) is 32.1 Å². The van der Waals surface area contributed by atoms with Gasteiger partial charge >= 0.3 is 0 Å². The minimum atomic E-state index is -1.59. The second kappa shape index (κ2) is 6.48. The van der Waals surface area contributed by atoms with E-state index in [1.165, 1.54) is 0 Å². The summed E-state index contributed by atoms with van der Waals surface area (Å²) < 4.78 is 37.1. The molecule has 2 fully saturated rings. The molecule has 1 heterocycles. The molecule has 4 atom stereocenters. The lowest BCUT2D eigenvalue weighted by atomic mass is 9.88. The van der Waals surface area contributed by atoms with Crippen molar-refractivity contribution in [1.82, 2.24) is 0 Å². The zero-order valence-electron chi connectivity index (χ0n) is 12.2. The Labute approximate surface area is 119 Å². The first kappa shape index (κ1) is 15.8. The van der Waals surface area contributed by atoms with Crippen LogP contribution in [0.3, 0.4) is 0 Å². The summed E-state index contributed by atoms with van der Waals surface area (Å²) >= 11 is 0. The van der Waals surface area contributed by atoms with Crippen molar-refractivity contribution < 1.29 is 23.0 Å². The lowest BCUT2D eigenvalue weighted by molar-refractivity contribution is -0.219. The Morgan fingerprint density at radius 2 is 2.05 bits per heavy atom. The number of hydrogen-bond acceptors (Lipinski definition) is 3. The number of ether oxygens (including phenoxy) is 2. The molecule has 0 aromatic carbocycles. The monoisotopic (exact) mass is 290 g/mol. The molecule has 1 aliphatic carbocycles. The number of rotatable bonds is 9. The van der Waals surface area contributed by atoms with E-state index in [2.05, 4.69) is 0 Å². The molecule has 0 radical (unpaired) electrons. The Morgan fingerprint density at radius 3 is 2.60 bits per heavy atom. The average Bonchev–Trinajstić information content (AvgIpc) is 3.18. The summed E-state index contributed by atoms with van der Waals surface area (Å²) in [6, 6.07) is 0. The van der Waals surface area contributed by atoms with Crippen molar-refractivity contribution in [3.63, 3.8) is 0 Å². The highest BCUT2D eigenvalue weighted by molar-refractivity contribution is 5.84. The third-order valence-electron chi connectivity index (χ3n) is 4.06. The van der Waals surface area contributed by atoms with Gasteiger partial charge in [0.2, 0.25) is 0 Å². The average molecular weight is 290 g/mol. The van der Waals surface area contributed by atoms with E-state index in [4.69, 9.17) is 9.47 Å². The summed E-state index contributed by atoms with van der Waals surface area (Å²) in [7, 11) is 0. The molecule has 20 heavy (non-hydrogen) atoms. The van der Waals surface area contributed by atoms with Gasteiger partial charge in [0.05, 0.1) is 18.8 Å². The van der Waals surface area contributed by atoms with Crippen LogP contribution >= 0.6 is 0 Å². The maximum atomic E-state index is 13.3. The predicted molar refractivity (Wildman–Crippen MR) is 71.1 cm³/mol. The largest absolute Gasteiger partial charge is 0.375 e. The maximum Gasteiger partial charge on any atom is 0.161 e. The molecule has 0 N–H and O–H groups in total. The van der Waals surface area contributed by atoms with Crippen LogP contribution in [0.25, 0.3) is 0 Å². The lowest BCUT2D eigenvalue weighted by Crippen LogP contribution is -2.54. The molecule has 5 heteroatoms. The van der Waals surface area contributed by atoms with Gasteiger partial charge in [-0.3, -0.25) is 4.79 Å². The van der Waals surface area contributed by atoms with E-state index in [0.29, 0.717) is 18.8 Å². The van der Waals surface area contributed by atoms with E-state index in [-0.39, 0.29) is 31.5 Å². The van der Waals surface area contributed by atoms with E-state index in [1.807, 2.05) is 6.92 Å². The summed E-state index contributed by atoms with van der Waals surface area (Å²) in [5.74, 6) is 0.736. The van der Waals surface area contributed by atoms with Gasteiger partial charge in [-0.1, -0.05) is 6.92 Å². The lowest BCUT2D eigenvalue weighted by Gasteiger charge is -2.44. The molecule has 1 saturated carbocycles. The molecule has 1 aliphatic heterocycles. The van der Waals surface area contributed by atoms with Gasteiger partial charge in [0.25, 0.3) is 0 Å². The van der Waals surface area contributed by atoms with Crippen molar-refractivity contribution in [3.05, 3.63) is 0 Å². The number of halogens is 2. The van der Waals surface area contributed by atoms with Crippen molar-refractivity contribution in [2.45, 2.75) is 70.0 Å². The minimum Gasteiger partial charge on any atom is -0.375 e. The zero-order valence-corrected chi connectivity index (χ0v) is 12.2. The van der Waals surface area contributed by atoms with E-state index >= 15 is 0 Å². The first-order chi connectivity index (χ1) is 9.43. The third kappa shape index (κ3) is 4.22. The van der Waals surface area contributed by atoms with Crippen molar-refractivity contribution in [1.29, 1.82) is 0 Å². The van der Waals surface area contributed by atoms with Crippen LogP contribution in [0.1, 0.15) is 46.0 Å². The molecule has 3 nitrogen and oxygen atoms in total. The Kier molecular flexibility index (Phi) is 5.13. The highest BCUT2D eigenvalue weighted by atomic mass is 19.2. The first-order valence-electron chi connectivity index (χ1n) is 7.50. The molecule has 0 amide bonds. The van der Waals surface area contributed by atoms with Gasteiger partial charge in [-0.15, -0.1) is 0 Å². The summed E-state index contributed by atoms with van der Waals surface area (Å²) in [4.78, 5) is 11.8. The third-order valence-corrected chi connectivity index (χ3v) is 4.06. The fraction of sp³-hybridized carbons (Fsp3) is 0.933. The Balaban J connectivity index is 1.61. The van der Waals surface area contributed by atoms with Crippen molar-refractivity contribution in [2.75, 3.05) is 13.2 Å². The fourth-order valence-corrected chi connectivity index (χ4v) is 2.48. The van der Waals surface area contributed by atoms with Crippen LogP contribution in [0, 0.1) is 5.92 Å². The van der Waals surface area contributed by atoms with Crippen molar-refractivity contribution in [2.24, 2.45) is 5.92 Å². The molecule has 0 bridgehead atoms. The number of carbonyl (C=O) groups is 1. The van der Waals surface area contributed by atoms with Crippen LogP contribution < -0.4 is 0 Å². The van der Waals surface area contributed by atoms with E-state index in [1.54, 1.807) is 6.92 Å². The highest BCUT2D eigenvalue weighted by Gasteiger charge is 2.46. The molecule has 0 spiro atoms. The summed E-state index contributed by atoms with van der Waals surface area (Å²) in [5, 5.41) is 0. The van der Waals surface area contributed by atoms with E-state index in [0.717, 1.165) is 12.8 Å². The second-order valence-electron chi connectivity index (χ2n) is 6.33. The van der Waals surface area contributed by atoms with Crippen LogP contribution in [0.5, 0.6) is 0 Å². The van der Waals surface area contributed by atoms with Crippen LogP contribution in [0.15, 0.2) is 0 Å². The topological polar surface area (TPSA) is 35.5 Å². The van der Waals surface area contributed by atoms with Crippen molar-refractivity contribution >= 4 is 5.78 Å². The quantitative estimate of drug-likeness (QED) is 0.655. The molecular formula is C15H24F2O3. The zero-order chi connectivity index (χ0) is 14.8. The van der Waals surface area contributed by atoms with Gasteiger partial charge in [-0.2, -0.15) is 0 Å². The summed E-state index contributed by atoms with van der Waals surface area (Å²) in [6.45, 7) is 3.39. The number of alkyl halides is 2. The maximum absolute atomic E-state index is 13.3. The van der Waals surface area contributed by atoms with Crippen LogP contribution in [0.4, 0.5) is 8.78 Å². The van der Waals surface area contributed by atoms with Gasteiger partial charge in [-0.25, -0.2) is 8.78 Å². The molecule has 116 valence electrons. The normalized spacial score (nSPS) is 32.5. The molecular weight excluding hydrogens is 266 g/mol. The molecule has 2 unspecified atom stereocenters. The van der Waals surface area contributed by atoms with Crippen molar-refractivity contribution in [3.8, 4) is 0 Å². The molecule has 1 saturated heterocycles. The van der Waals surface area contributed by atoms with Crippen LogP contribution in [0.2, 0.25) is 0 Å². The smallest absolute Gasteiger partial charge is 0.161 e. The molecule has 2 rings (SSSR count). The minimum absolute atomic E-state index is 0.149. The SMILES string of the molecule is CCC(F)C(F)COC[C@]1(C)C[C@@H](C(=O)CC2CC2)O1. The summed E-state index contributed by atoms with van der Waals surface area (Å²) in [6.07, 6.45) is 0.299. The van der Waals surface area contributed by atoms with Gasteiger partial charge in [0, 0.05) is 12.8 Å². The second-order valence-corrected chi connectivity index (χ2v) is 6.33. The Bertz CT molecular complexity index is 338. The van der Waals surface area contributed by atoms with Crippen LogP contribution in [-0.2, 0) is 14.3 Å². The number of hydrogen-bond donors (Lipinski definition) is 0. The molecule has 2 aliphatic rings. The van der Waals surface area contributed by atoms with E-state index in [9.17, 15) is 13.6 Å². The Morgan fingerprint density at radius 1 is 1.40 bits per heavy atom. The van der Waals surface area contributed by atoms with Gasteiger partial charge in [0.1, 0.15) is 12.3 Å². The standard InChI is InChI=1S/C15H24F2O3/c1-3-11(16)12(17)8-19-9-15(2)7-14(20-15)13(18)6-10-4-5-10/h10-12,14H,3-9H2,1-2H3/t11?,12?,14-,15-/m0/s1. The fourth-order valence-electron chi connectivity index (χ4n) is 2.48. The van der Waals surface area contributed by atoms with Crippen LogP contribution in [-0.4, -0.2) is 43.0 Å².